The van der Waals surface area contributed by atoms with Crippen molar-refractivity contribution >= 4 is 0 Å². The average molecular weight is 285 g/mol. The molecule has 0 radical (unpaired) electrons. The highest BCUT2D eigenvalue weighted by Crippen LogP contribution is 2.31. The first-order valence-corrected chi connectivity index (χ1v) is 7.08. The van der Waals surface area contributed by atoms with Crippen LogP contribution in [0.1, 0.15) is 28.3 Å². The molecule has 0 heterocycles. The van der Waals surface area contributed by atoms with Crippen molar-refractivity contribution in [3.05, 3.63) is 58.7 Å². The lowest BCUT2D eigenvalue weighted by atomic mass is 9.94. The Kier molecular flexibility index (Phi) is 4.86. The number of hydrogen-bond acceptors (Lipinski definition) is 3. The van der Waals surface area contributed by atoms with Gasteiger partial charge in [0.25, 0.3) is 0 Å². The molecule has 21 heavy (non-hydrogen) atoms. The number of benzene rings is 2. The van der Waals surface area contributed by atoms with Gasteiger partial charge in [0.1, 0.15) is 11.5 Å². The van der Waals surface area contributed by atoms with E-state index in [4.69, 9.17) is 15.2 Å². The van der Waals surface area contributed by atoms with Crippen LogP contribution in [-0.2, 0) is 6.42 Å². The fraction of sp³-hybridized carbons (Fsp3) is 0.333. The molecule has 2 N–H and O–H groups in total. The normalized spacial score (nSPS) is 12.0. The van der Waals surface area contributed by atoms with E-state index in [-0.39, 0.29) is 6.04 Å². The van der Waals surface area contributed by atoms with E-state index in [1.165, 1.54) is 11.1 Å². The van der Waals surface area contributed by atoms with Crippen LogP contribution in [0.5, 0.6) is 11.5 Å². The van der Waals surface area contributed by atoms with E-state index in [2.05, 4.69) is 26.0 Å². The van der Waals surface area contributed by atoms with E-state index in [1.807, 2.05) is 24.3 Å². The van der Waals surface area contributed by atoms with Gasteiger partial charge in [-0.1, -0.05) is 18.2 Å². The molecule has 0 spiro atoms. The summed E-state index contributed by atoms with van der Waals surface area (Å²) in [5.41, 5.74) is 11.0. The first-order valence-electron chi connectivity index (χ1n) is 7.08. The fourth-order valence-corrected chi connectivity index (χ4v) is 2.74. The molecule has 0 amide bonds. The highest BCUT2D eigenvalue weighted by Gasteiger charge is 2.16. The van der Waals surface area contributed by atoms with Crippen molar-refractivity contribution in [3.8, 4) is 11.5 Å². The minimum Gasteiger partial charge on any atom is -0.497 e. The number of rotatable bonds is 5. The van der Waals surface area contributed by atoms with Crippen LogP contribution in [0.15, 0.2) is 36.4 Å². The molecule has 3 heteroatoms. The Morgan fingerprint density at radius 1 is 1.05 bits per heavy atom. The zero-order valence-corrected chi connectivity index (χ0v) is 13.1. The first-order chi connectivity index (χ1) is 10.0. The van der Waals surface area contributed by atoms with Crippen LogP contribution in [0.25, 0.3) is 0 Å². The number of nitrogens with two attached hydrogens (primary N) is 1. The van der Waals surface area contributed by atoms with Gasteiger partial charge in [0.15, 0.2) is 0 Å². The molecule has 0 saturated carbocycles. The molecule has 0 aliphatic heterocycles. The van der Waals surface area contributed by atoms with E-state index >= 15 is 0 Å². The van der Waals surface area contributed by atoms with Crippen LogP contribution < -0.4 is 15.2 Å². The number of aryl methyl sites for hydroxylation is 2. The fourth-order valence-electron chi connectivity index (χ4n) is 2.74. The van der Waals surface area contributed by atoms with Crippen LogP contribution in [0.4, 0.5) is 0 Å². The van der Waals surface area contributed by atoms with Crippen molar-refractivity contribution < 1.29 is 9.47 Å². The molecule has 2 aromatic rings. The molecule has 2 rings (SSSR count). The Morgan fingerprint density at radius 2 is 1.81 bits per heavy atom. The van der Waals surface area contributed by atoms with Crippen molar-refractivity contribution in [2.24, 2.45) is 5.73 Å². The van der Waals surface area contributed by atoms with Crippen molar-refractivity contribution in [2.75, 3.05) is 14.2 Å². The Balaban J connectivity index is 2.29. The Labute approximate surface area is 126 Å². The second-order valence-corrected chi connectivity index (χ2v) is 5.36. The first kappa shape index (κ1) is 15.4. The maximum atomic E-state index is 6.43. The summed E-state index contributed by atoms with van der Waals surface area (Å²) in [7, 11) is 3.36. The third kappa shape index (κ3) is 3.56. The van der Waals surface area contributed by atoms with E-state index in [0.29, 0.717) is 0 Å². The van der Waals surface area contributed by atoms with Gasteiger partial charge < -0.3 is 15.2 Å². The van der Waals surface area contributed by atoms with Crippen molar-refractivity contribution in [2.45, 2.75) is 26.3 Å². The lowest BCUT2D eigenvalue weighted by Gasteiger charge is -2.19. The Hall–Kier alpha value is -2.00. The lowest BCUT2D eigenvalue weighted by Crippen LogP contribution is -2.16. The van der Waals surface area contributed by atoms with Crippen LogP contribution in [0.3, 0.4) is 0 Å². The maximum absolute atomic E-state index is 6.43. The molecular weight excluding hydrogens is 262 g/mol. The SMILES string of the molecule is COc1cccc(CC(N)c2c(C)cc(C)cc2OC)c1. The largest absolute Gasteiger partial charge is 0.497 e. The third-order valence-electron chi connectivity index (χ3n) is 3.67. The number of hydrogen-bond donors (Lipinski definition) is 1. The smallest absolute Gasteiger partial charge is 0.124 e. The quantitative estimate of drug-likeness (QED) is 0.913. The van der Waals surface area contributed by atoms with E-state index in [0.717, 1.165) is 29.0 Å². The molecule has 0 fully saturated rings. The van der Waals surface area contributed by atoms with Crippen LogP contribution >= 0.6 is 0 Å². The van der Waals surface area contributed by atoms with E-state index in [9.17, 15) is 0 Å². The number of ether oxygens (including phenoxy) is 2. The van der Waals surface area contributed by atoms with Gasteiger partial charge in [0.05, 0.1) is 14.2 Å². The molecule has 0 aromatic heterocycles. The van der Waals surface area contributed by atoms with Gasteiger partial charge in [-0.25, -0.2) is 0 Å². The second-order valence-electron chi connectivity index (χ2n) is 5.36. The summed E-state index contributed by atoms with van der Waals surface area (Å²) >= 11 is 0. The molecule has 0 aliphatic rings. The van der Waals surface area contributed by atoms with Gasteiger partial charge in [0, 0.05) is 11.6 Å². The molecule has 0 aliphatic carbocycles. The summed E-state index contributed by atoms with van der Waals surface area (Å²) < 4.78 is 10.8. The van der Waals surface area contributed by atoms with Gasteiger partial charge in [-0.3, -0.25) is 0 Å². The van der Waals surface area contributed by atoms with Crippen molar-refractivity contribution in [1.29, 1.82) is 0 Å². The van der Waals surface area contributed by atoms with Crippen molar-refractivity contribution in [3.63, 3.8) is 0 Å². The van der Waals surface area contributed by atoms with Crippen LogP contribution in [0.2, 0.25) is 0 Å². The third-order valence-corrected chi connectivity index (χ3v) is 3.67. The van der Waals surface area contributed by atoms with Gasteiger partial charge in [-0.2, -0.15) is 0 Å². The minimum absolute atomic E-state index is 0.104. The average Bonchev–Trinajstić information content (AvgIpc) is 2.46. The zero-order valence-electron chi connectivity index (χ0n) is 13.1. The Bertz CT molecular complexity index is 623. The monoisotopic (exact) mass is 285 g/mol. The van der Waals surface area contributed by atoms with Gasteiger partial charge in [-0.05, 0) is 55.2 Å². The van der Waals surface area contributed by atoms with Gasteiger partial charge in [0.2, 0.25) is 0 Å². The highest BCUT2D eigenvalue weighted by molar-refractivity contribution is 5.45. The second kappa shape index (κ2) is 6.64. The van der Waals surface area contributed by atoms with Gasteiger partial charge in [-0.15, -0.1) is 0 Å². The predicted octanol–water partition coefficient (Wildman–Crippen LogP) is 3.56. The summed E-state index contributed by atoms with van der Waals surface area (Å²) in [6.07, 6.45) is 0.747. The Morgan fingerprint density at radius 3 is 2.48 bits per heavy atom. The summed E-state index contributed by atoms with van der Waals surface area (Å²) in [5, 5.41) is 0. The summed E-state index contributed by atoms with van der Waals surface area (Å²) in [6.45, 7) is 4.14. The molecule has 3 nitrogen and oxygen atoms in total. The van der Waals surface area contributed by atoms with E-state index < -0.39 is 0 Å². The van der Waals surface area contributed by atoms with E-state index in [1.54, 1.807) is 14.2 Å². The molecule has 112 valence electrons. The summed E-state index contributed by atoms with van der Waals surface area (Å²) in [6, 6.07) is 12.1. The summed E-state index contributed by atoms with van der Waals surface area (Å²) in [4.78, 5) is 0. The van der Waals surface area contributed by atoms with Crippen molar-refractivity contribution in [1.82, 2.24) is 0 Å². The maximum Gasteiger partial charge on any atom is 0.124 e. The minimum atomic E-state index is -0.104. The zero-order chi connectivity index (χ0) is 15.4. The topological polar surface area (TPSA) is 44.5 Å². The number of methoxy groups -OCH3 is 2. The predicted molar refractivity (Wildman–Crippen MR) is 86.1 cm³/mol. The molecule has 0 saturated heterocycles. The molecule has 1 atom stereocenters. The van der Waals surface area contributed by atoms with Gasteiger partial charge >= 0.3 is 0 Å². The summed E-state index contributed by atoms with van der Waals surface area (Å²) in [5.74, 6) is 1.72. The van der Waals surface area contributed by atoms with Crippen LogP contribution in [0, 0.1) is 13.8 Å². The molecule has 2 aromatic carbocycles. The molecule has 0 bridgehead atoms. The lowest BCUT2D eigenvalue weighted by molar-refractivity contribution is 0.404. The standard InChI is InChI=1S/C18H23NO2/c1-12-8-13(2)18(17(9-12)21-4)16(19)11-14-6-5-7-15(10-14)20-3/h5-10,16H,11,19H2,1-4H3. The molecule has 1 unspecified atom stereocenters. The van der Waals surface area contributed by atoms with Crippen LogP contribution in [-0.4, -0.2) is 14.2 Å². The highest BCUT2D eigenvalue weighted by atomic mass is 16.5. The molecular formula is C18H23NO2.